The van der Waals surface area contributed by atoms with Crippen molar-refractivity contribution >= 4 is 0 Å². The number of rotatable bonds is 12. The summed E-state index contributed by atoms with van der Waals surface area (Å²) >= 11 is 0. The van der Waals surface area contributed by atoms with E-state index in [1.165, 1.54) is 38.5 Å². The van der Waals surface area contributed by atoms with Gasteiger partial charge in [-0.3, -0.25) is 0 Å². The van der Waals surface area contributed by atoms with Gasteiger partial charge in [0.1, 0.15) is 0 Å². The van der Waals surface area contributed by atoms with Gasteiger partial charge in [-0.1, -0.05) is 33.1 Å². The highest BCUT2D eigenvalue weighted by Gasteiger charge is 2.22. The molecule has 108 valence electrons. The molecule has 0 bridgehead atoms. The molecule has 0 amide bonds. The first-order valence-corrected chi connectivity index (χ1v) is 7.64. The van der Waals surface area contributed by atoms with Crippen molar-refractivity contribution in [3.8, 4) is 0 Å². The van der Waals surface area contributed by atoms with Crippen molar-refractivity contribution in [2.24, 2.45) is 5.92 Å². The molecule has 3 nitrogen and oxygen atoms in total. The van der Waals surface area contributed by atoms with Crippen LogP contribution in [0.1, 0.15) is 52.4 Å². The summed E-state index contributed by atoms with van der Waals surface area (Å²) in [5.74, 6) is 0.713. The Balaban J connectivity index is 2.15. The standard InChI is InChI=1S/C15H31NO2/c1-4-6-7-13(5-2)11-18-15(12-17-3)10-16-14-8-9-14/h13-16H,4-12H2,1-3H3. The Morgan fingerprint density at radius 1 is 1.22 bits per heavy atom. The molecular formula is C15H31NO2. The minimum atomic E-state index is 0.214. The summed E-state index contributed by atoms with van der Waals surface area (Å²) in [4.78, 5) is 0. The van der Waals surface area contributed by atoms with Crippen LogP contribution in [-0.4, -0.2) is 39.0 Å². The number of nitrogens with one attached hydrogen (secondary N) is 1. The van der Waals surface area contributed by atoms with Gasteiger partial charge in [-0.15, -0.1) is 0 Å². The highest BCUT2D eigenvalue weighted by molar-refractivity contribution is 4.82. The lowest BCUT2D eigenvalue weighted by molar-refractivity contribution is -0.0180. The summed E-state index contributed by atoms with van der Waals surface area (Å²) in [6, 6.07) is 0.745. The molecule has 1 rings (SSSR count). The average Bonchev–Trinajstić information content (AvgIpc) is 3.20. The molecule has 0 radical (unpaired) electrons. The van der Waals surface area contributed by atoms with Gasteiger partial charge in [0.25, 0.3) is 0 Å². The third-order valence-electron chi connectivity index (χ3n) is 3.68. The average molecular weight is 257 g/mol. The highest BCUT2D eigenvalue weighted by Crippen LogP contribution is 2.19. The SMILES string of the molecule is CCCCC(CC)COC(CNC1CC1)COC. The van der Waals surface area contributed by atoms with E-state index in [2.05, 4.69) is 19.2 Å². The van der Waals surface area contributed by atoms with E-state index in [0.717, 1.165) is 19.2 Å². The van der Waals surface area contributed by atoms with E-state index in [4.69, 9.17) is 9.47 Å². The number of hydrogen-bond donors (Lipinski definition) is 1. The van der Waals surface area contributed by atoms with Gasteiger partial charge < -0.3 is 14.8 Å². The van der Waals surface area contributed by atoms with Gasteiger partial charge in [0, 0.05) is 26.3 Å². The van der Waals surface area contributed by atoms with Crippen molar-refractivity contribution in [3.63, 3.8) is 0 Å². The number of unbranched alkanes of at least 4 members (excludes halogenated alkanes) is 1. The molecule has 1 fully saturated rings. The van der Waals surface area contributed by atoms with Crippen LogP contribution in [0.2, 0.25) is 0 Å². The lowest BCUT2D eigenvalue weighted by atomic mass is 10.0. The first-order chi connectivity index (χ1) is 8.80. The lowest BCUT2D eigenvalue weighted by Gasteiger charge is -2.21. The van der Waals surface area contributed by atoms with E-state index in [-0.39, 0.29) is 6.10 Å². The van der Waals surface area contributed by atoms with Crippen molar-refractivity contribution < 1.29 is 9.47 Å². The first kappa shape index (κ1) is 15.9. The quantitative estimate of drug-likeness (QED) is 0.583. The zero-order chi connectivity index (χ0) is 13.2. The van der Waals surface area contributed by atoms with Crippen LogP contribution < -0.4 is 5.32 Å². The number of methoxy groups -OCH3 is 1. The predicted molar refractivity (Wildman–Crippen MR) is 75.9 cm³/mol. The molecule has 1 aliphatic rings. The Morgan fingerprint density at radius 3 is 2.56 bits per heavy atom. The van der Waals surface area contributed by atoms with Crippen LogP contribution in [0.25, 0.3) is 0 Å². The van der Waals surface area contributed by atoms with Crippen molar-refractivity contribution in [2.75, 3.05) is 26.9 Å². The summed E-state index contributed by atoms with van der Waals surface area (Å²) in [6.45, 7) is 7.03. The zero-order valence-electron chi connectivity index (χ0n) is 12.4. The lowest BCUT2D eigenvalue weighted by Crippen LogP contribution is -2.35. The summed E-state index contributed by atoms with van der Waals surface area (Å²) < 4.78 is 11.3. The fourth-order valence-electron chi connectivity index (χ4n) is 2.11. The molecular weight excluding hydrogens is 226 g/mol. The van der Waals surface area contributed by atoms with Crippen molar-refractivity contribution in [1.82, 2.24) is 5.32 Å². The third kappa shape index (κ3) is 7.34. The molecule has 0 aromatic rings. The van der Waals surface area contributed by atoms with Crippen LogP contribution in [0.5, 0.6) is 0 Å². The molecule has 2 unspecified atom stereocenters. The molecule has 0 spiro atoms. The molecule has 0 aromatic heterocycles. The van der Waals surface area contributed by atoms with E-state index in [1.807, 2.05) is 0 Å². The molecule has 1 N–H and O–H groups in total. The van der Waals surface area contributed by atoms with Crippen LogP contribution in [0.4, 0.5) is 0 Å². The van der Waals surface area contributed by atoms with E-state index in [1.54, 1.807) is 7.11 Å². The second-order valence-electron chi connectivity index (χ2n) is 5.51. The Morgan fingerprint density at radius 2 is 2.00 bits per heavy atom. The third-order valence-corrected chi connectivity index (χ3v) is 3.68. The molecule has 18 heavy (non-hydrogen) atoms. The topological polar surface area (TPSA) is 30.5 Å². The summed E-state index contributed by atoms with van der Waals surface area (Å²) in [5.41, 5.74) is 0. The normalized spacial score (nSPS) is 18.8. The van der Waals surface area contributed by atoms with Gasteiger partial charge in [0.05, 0.1) is 12.7 Å². The van der Waals surface area contributed by atoms with Crippen molar-refractivity contribution in [3.05, 3.63) is 0 Å². The molecule has 0 saturated heterocycles. The monoisotopic (exact) mass is 257 g/mol. The van der Waals surface area contributed by atoms with Crippen LogP contribution in [0.15, 0.2) is 0 Å². The second kappa shape index (κ2) is 9.76. The summed E-state index contributed by atoms with van der Waals surface area (Å²) in [5, 5.41) is 3.52. The molecule has 1 saturated carbocycles. The summed E-state index contributed by atoms with van der Waals surface area (Å²) in [6.07, 6.45) is 7.98. The predicted octanol–water partition coefficient (Wildman–Crippen LogP) is 2.99. The van der Waals surface area contributed by atoms with E-state index in [9.17, 15) is 0 Å². The van der Waals surface area contributed by atoms with Gasteiger partial charge in [0.15, 0.2) is 0 Å². The first-order valence-electron chi connectivity index (χ1n) is 7.64. The maximum Gasteiger partial charge on any atom is 0.0932 e. The molecule has 1 aliphatic carbocycles. The smallest absolute Gasteiger partial charge is 0.0932 e. The molecule has 2 atom stereocenters. The van der Waals surface area contributed by atoms with Gasteiger partial charge in [-0.2, -0.15) is 0 Å². The van der Waals surface area contributed by atoms with Crippen LogP contribution in [0, 0.1) is 5.92 Å². The van der Waals surface area contributed by atoms with E-state index < -0.39 is 0 Å². The Bertz CT molecular complexity index is 195. The summed E-state index contributed by atoms with van der Waals surface area (Å²) in [7, 11) is 1.75. The maximum absolute atomic E-state index is 6.02. The fourth-order valence-corrected chi connectivity index (χ4v) is 2.11. The second-order valence-corrected chi connectivity index (χ2v) is 5.51. The van der Waals surface area contributed by atoms with Crippen molar-refractivity contribution in [2.45, 2.75) is 64.5 Å². The van der Waals surface area contributed by atoms with Gasteiger partial charge in [-0.05, 0) is 25.2 Å². The Labute approximate surface area is 113 Å². The van der Waals surface area contributed by atoms with Crippen LogP contribution >= 0.6 is 0 Å². The largest absolute Gasteiger partial charge is 0.382 e. The van der Waals surface area contributed by atoms with Crippen LogP contribution in [0.3, 0.4) is 0 Å². The van der Waals surface area contributed by atoms with E-state index >= 15 is 0 Å². The number of ether oxygens (including phenoxy) is 2. The maximum atomic E-state index is 6.02. The molecule has 0 aliphatic heterocycles. The Kier molecular flexibility index (Phi) is 8.64. The number of hydrogen-bond acceptors (Lipinski definition) is 3. The fraction of sp³-hybridized carbons (Fsp3) is 1.00. The van der Waals surface area contributed by atoms with E-state index in [0.29, 0.717) is 12.5 Å². The minimum absolute atomic E-state index is 0.214. The van der Waals surface area contributed by atoms with Crippen LogP contribution in [-0.2, 0) is 9.47 Å². The molecule has 3 heteroatoms. The molecule has 0 heterocycles. The van der Waals surface area contributed by atoms with Crippen molar-refractivity contribution in [1.29, 1.82) is 0 Å². The zero-order valence-corrected chi connectivity index (χ0v) is 12.4. The van der Waals surface area contributed by atoms with Gasteiger partial charge >= 0.3 is 0 Å². The Hall–Kier alpha value is -0.120. The minimum Gasteiger partial charge on any atom is -0.382 e. The molecule has 0 aromatic carbocycles. The van der Waals surface area contributed by atoms with Gasteiger partial charge in [0.2, 0.25) is 0 Å². The highest BCUT2D eigenvalue weighted by atomic mass is 16.5. The van der Waals surface area contributed by atoms with Gasteiger partial charge in [-0.25, -0.2) is 0 Å².